The topological polar surface area (TPSA) is 111 Å². The van der Waals surface area contributed by atoms with Gasteiger partial charge in [0.05, 0.1) is 30.3 Å². The van der Waals surface area contributed by atoms with Gasteiger partial charge in [-0.05, 0) is 25.0 Å². The van der Waals surface area contributed by atoms with Crippen molar-refractivity contribution < 1.29 is 22.3 Å². The second-order valence-corrected chi connectivity index (χ2v) is 11.0. The molecular formula is C21H23FN6O4S. The van der Waals surface area contributed by atoms with Gasteiger partial charge in [0.25, 0.3) is 0 Å². The first-order valence-corrected chi connectivity index (χ1v) is 12.7. The molecule has 4 heterocycles. The van der Waals surface area contributed by atoms with E-state index in [4.69, 9.17) is 19.4 Å². The maximum Gasteiger partial charge on any atom is 0.239 e. The summed E-state index contributed by atoms with van der Waals surface area (Å²) in [6.45, 7) is 1.99. The Morgan fingerprint density at radius 2 is 2.03 bits per heavy atom. The molecule has 12 heteroatoms. The summed E-state index contributed by atoms with van der Waals surface area (Å²) in [5, 5.41) is 3.01. The van der Waals surface area contributed by atoms with Crippen molar-refractivity contribution in [2.45, 2.75) is 23.6 Å². The summed E-state index contributed by atoms with van der Waals surface area (Å²) in [6.07, 6.45) is 2.15. The van der Waals surface area contributed by atoms with Gasteiger partial charge in [-0.3, -0.25) is 0 Å². The molecule has 6 rings (SSSR count). The lowest BCUT2D eigenvalue weighted by Gasteiger charge is -2.41. The van der Waals surface area contributed by atoms with Crippen LogP contribution in [0.1, 0.15) is 18.5 Å². The number of aromatic nitrogens is 4. The largest absolute Gasteiger partial charge is 0.486 e. The highest BCUT2D eigenvalue weighted by Gasteiger charge is 2.58. The lowest BCUT2D eigenvalue weighted by molar-refractivity contribution is 0.0692. The fourth-order valence-electron chi connectivity index (χ4n) is 4.73. The highest BCUT2D eigenvalue weighted by Crippen LogP contribution is 2.56. The van der Waals surface area contributed by atoms with Gasteiger partial charge in [-0.25, -0.2) is 27.3 Å². The van der Waals surface area contributed by atoms with Crippen molar-refractivity contribution in [3.05, 3.63) is 29.7 Å². The Morgan fingerprint density at radius 3 is 2.76 bits per heavy atom. The fourth-order valence-corrected chi connectivity index (χ4v) is 6.06. The van der Waals surface area contributed by atoms with Crippen molar-refractivity contribution in [2.24, 2.45) is 0 Å². The zero-order valence-corrected chi connectivity index (χ0v) is 19.0. The van der Waals surface area contributed by atoms with Crippen molar-refractivity contribution in [2.75, 3.05) is 49.9 Å². The number of anilines is 2. The molecule has 2 fully saturated rings. The molecule has 3 aliphatic rings. The maximum atomic E-state index is 14.2. The smallest absolute Gasteiger partial charge is 0.239 e. The van der Waals surface area contributed by atoms with Crippen molar-refractivity contribution in [3.8, 4) is 11.7 Å². The van der Waals surface area contributed by atoms with Crippen LogP contribution in [0.2, 0.25) is 0 Å². The van der Waals surface area contributed by atoms with E-state index in [1.165, 1.54) is 18.4 Å². The molecule has 1 N–H and O–H groups in total. The van der Waals surface area contributed by atoms with Crippen LogP contribution >= 0.6 is 0 Å². The molecule has 0 radical (unpaired) electrons. The number of imidazole rings is 1. The Labute approximate surface area is 189 Å². The summed E-state index contributed by atoms with van der Waals surface area (Å²) in [5.41, 5.74) is 1.40. The number of benzene rings is 1. The minimum atomic E-state index is -3.47. The minimum Gasteiger partial charge on any atom is -0.486 e. The molecule has 1 atom stereocenters. The molecule has 0 spiro atoms. The van der Waals surface area contributed by atoms with Gasteiger partial charge in [-0.1, -0.05) is 0 Å². The van der Waals surface area contributed by atoms with Crippen LogP contribution in [0.25, 0.3) is 17.0 Å². The fraction of sp³-hybridized carbons (Fsp3) is 0.476. The average Bonchev–Trinajstić information content (AvgIpc) is 3.54. The van der Waals surface area contributed by atoms with Gasteiger partial charge in [-0.15, -0.1) is 0 Å². The van der Waals surface area contributed by atoms with Gasteiger partial charge in [-0.2, -0.15) is 4.98 Å². The number of hydrogen-bond donors (Lipinski definition) is 1. The molecule has 2 aromatic heterocycles. The highest BCUT2D eigenvalue weighted by atomic mass is 32.2. The highest BCUT2D eigenvalue weighted by molar-refractivity contribution is 7.92. The van der Waals surface area contributed by atoms with Crippen molar-refractivity contribution in [3.63, 3.8) is 0 Å². The van der Waals surface area contributed by atoms with E-state index in [1.54, 1.807) is 17.7 Å². The van der Waals surface area contributed by atoms with E-state index < -0.39 is 20.4 Å². The van der Waals surface area contributed by atoms with E-state index >= 15 is 0 Å². The molecule has 10 nitrogen and oxygen atoms in total. The van der Waals surface area contributed by atoms with Crippen LogP contribution < -0.4 is 15.0 Å². The van der Waals surface area contributed by atoms with E-state index in [0.717, 1.165) is 0 Å². The van der Waals surface area contributed by atoms with Gasteiger partial charge < -0.3 is 19.7 Å². The Balaban J connectivity index is 1.65. The SMILES string of the molecule is CNc1nc2ccc(F)cc2n1-c1nc2c(c(C3(S(C)(=O)=O)CC3)n1)OC[C@@H]1COCCN21. The van der Waals surface area contributed by atoms with E-state index in [1.807, 2.05) is 0 Å². The zero-order chi connectivity index (χ0) is 23.0. The molecule has 174 valence electrons. The van der Waals surface area contributed by atoms with Crippen LogP contribution in [0.4, 0.5) is 16.2 Å². The normalized spacial score (nSPS) is 21.3. The van der Waals surface area contributed by atoms with E-state index in [2.05, 4.69) is 15.2 Å². The summed E-state index contributed by atoms with van der Waals surface area (Å²) < 4.78 is 52.0. The average molecular weight is 475 g/mol. The summed E-state index contributed by atoms with van der Waals surface area (Å²) in [6, 6.07) is 4.26. The van der Waals surface area contributed by atoms with Crippen molar-refractivity contribution in [1.82, 2.24) is 19.5 Å². The molecule has 2 aliphatic heterocycles. The lowest BCUT2D eigenvalue weighted by Crippen LogP contribution is -2.52. The number of nitrogens with one attached hydrogen (secondary N) is 1. The molecule has 1 saturated heterocycles. The summed E-state index contributed by atoms with van der Waals surface area (Å²) in [7, 11) is -1.77. The molecular weight excluding hydrogens is 451 g/mol. The first kappa shape index (κ1) is 20.6. The third-order valence-electron chi connectivity index (χ3n) is 6.64. The van der Waals surface area contributed by atoms with Crippen LogP contribution in [0.15, 0.2) is 18.2 Å². The van der Waals surface area contributed by atoms with Crippen LogP contribution in [-0.2, 0) is 19.3 Å². The number of halogens is 1. The van der Waals surface area contributed by atoms with E-state index in [0.29, 0.717) is 73.5 Å². The van der Waals surface area contributed by atoms with Gasteiger partial charge in [0.15, 0.2) is 21.4 Å². The molecule has 0 bridgehead atoms. The van der Waals surface area contributed by atoms with Crippen LogP contribution in [-0.4, -0.2) is 73.6 Å². The molecule has 1 saturated carbocycles. The second kappa shape index (κ2) is 7.00. The predicted octanol–water partition coefficient (Wildman–Crippen LogP) is 1.63. The molecule has 33 heavy (non-hydrogen) atoms. The number of ether oxygens (including phenoxy) is 2. The molecule has 1 aromatic carbocycles. The molecule has 3 aromatic rings. The Kier molecular flexibility index (Phi) is 4.37. The van der Waals surface area contributed by atoms with Crippen LogP contribution in [0.3, 0.4) is 0 Å². The van der Waals surface area contributed by atoms with Crippen LogP contribution in [0.5, 0.6) is 5.75 Å². The van der Waals surface area contributed by atoms with Gasteiger partial charge >= 0.3 is 0 Å². The number of sulfone groups is 1. The van der Waals surface area contributed by atoms with E-state index in [9.17, 15) is 12.8 Å². The number of morpholine rings is 1. The Hall–Kier alpha value is -2.99. The van der Waals surface area contributed by atoms with Crippen molar-refractivity contribution in [1.29, 1.82) is 0 Å². The zero-order valence-electron chi connectivity index (χ0n) is 18.2. The third kappa shape index (κ3) is 3.00. The quantitative estimate of drug-likeness (QED) is 0.603. The number of nitrogens with zero attached hydrogens (tertiary/aromatic N) is 5. The van der Waals surface area contributed by atoms with Crippen molar-refractivity contribution >= 4 is 32.6 Å². The van der Waals surface area contributed by atoms with E-state index in [-0.39, 0.29) is 12.0 Å². The number of hydrogen-bond acceptors (Lipinski definition) is 9. The summed E-state index contributed by atoms with van der Waals surface area (Å²) in [4.78, 5) is 16.2. The predicted molar refractivity (Wildman–Crippen MR) is 119 cm³/mol. The van der Waals surface area contributed by atoms with Gasteiger partial charge in [0, 0.05) is 25.9 Å². The third-order valence-corrected chi connectivity index (χ3v) is 8.66. The standard InChI is InChI=1S/C21H23FN6O4S/c1-23-19-24-14-4-3-12(22)9-15(14)28(19)20-25-17(21(5-6-21)33(2,29)30)16-18(26-20)27-7-8-31-10-13(27)11-32-16/h3-4,9,13H,5-8,10-11H2,1-2H3,(H,23,24)/t13-/m0/s1. The first-order chi connectivity index (χ1) is 15.8. The maximum absolute atomic E-state index is 14.2. The molecule has 1 aliphatic carbocycles. The first-order valence-electron chi connectivity index (χ1n) is 10.8. The second-order valence-electron chi connectivity index (χ2n) is 8.68. The van der Waals surface area contributed by atoms with Gasteiger partial charge in [0.2, 0.25) is 11.9 Å². The molecule has 0 amide bonds. The Morgan fingerprint density at radius 1 is 1.21 bits per heavy atom. The summed E-state index contributed by atoms with van der Waals surface area (Å²) in [5.74, 6) is 1.15. The number of fused-ring (bicyclic) bond motifs is 4. The monoisotopic (exact) mass is 474 g/mol. The minimum absolute atomic E-state index is 0.0315. The lowest BCUT2D eigenvalue weighted by atomic mass is 10.1. The summed E-state index contributed by atoms with van der Waals surface area (Å²) >= 11 is 0. The Bertz CT molecular complexity index is 1390. The van der Waals surface area contributed by atoms with Crippen LogP contribution in [0, 0.1) is 5.82 Å². The number of rotatable bonds is 4. The van der Waals surface area contributed by atoms with Gasteiger partial charge in [0.1, 0.15) is 22.9 Å². The molecule has 0 unspecified atom stereocenters.